The highest BCUT2D eigenvalue weighted by molar-refractivity contribution is 7.89. The van der Waals surface area contributed by atoms with Gasteiger partial charge in [0, 0.05) is 6.04 Å². The monoisotopic (exact) mass is 336 g/mol. The summed E-state index contributed by atoms with van der Waals surface area (Å²) in [6.07, 6.45) is -1.22. The van der Waals surface area contributed by atoms with E-state index in [0.717, 1.165) is 37.5 Å². The lowest BCUT2D eigenvalue weighted by Crippen LogP contribution is -2.44. The van der Waals surface area contributed by atoms with Crippen LogP contribution in [0.2, 0.25) is 0 Å². The molecule has 2 atom stereocenters. The molecule has 2 unspecified atom stereocenters. The van der Waals surface area contributed by atoms with Gasteiger partial charge in [0.1, 0.15) is 0 Å². The number of nitrogens with one attached hydrogen (secondary N) is 1. The molecular weight excluding hydrogens is 317 g/mol. The number of halogens is 3. The first-order chi connectivity index (χ1) is 10.2. The summed E-state index contributed by atoms with van der Waals surface area (Å²) in [6.45, 7) is 0.357. The molecule has 8 heteroatoms. The Bertz CT molecular complexity index is 617. The predicted octanol–water partition coefficient (Wildman–Crippen LogP) is 2.50. The van der Waals surface area contributed by atoms with E-state index in [-0.39, 0.29) is 16.9 Å². The van der Waals surface area contributed by atoms with E-state index in [4.69, 9.17) is 5.73 Å². The summed E-state index contributed by atoms with van der Waals surface area (Å²) in [5, 5.41) is 0. The molecule has 0 aliphatic heterocycles. The summed E-state index contributed by atoms with van der Waals surface area (Å²) in [6, 6.07) is 3.44. The molecule has 1 aliphatic rings. The molecule has 124 valence electrons. The highest BCUT2D eigenvalue weighted by Gasteiger charge is 2.33. The fourth-order valence-electron chi connectivity index (χ4n) is 2.75. The largest absolute Gasteiger partial charge is 0.416 e. The molecule has 0 bridgehead atoms. The molecule has 0 radical (unpaired) electrons. The highest BCUT2D eigenvalue weighted by Crippen LogP contribution is 2.31. The molecule has 3 N–H and O–H groups in total. The number of rotatable bonds is 4. The van der Waals surface area contributed by atoms with Crippen LogP contribution in [0.15, 0.2) is 29.2 Å². The average molecular weight is 336 g/mol. The minimum Gasteiger partial charge on any atom is -0.330 e. The molecule has 1 aromatic carbocycles. The topological polar surface area (TPSA) is 72.2 Å². The summed E-state index contributed by atoms with van der Waals surface area (Å²) < 4.78 is 65.3. The molecule has 4 nitrogen and oxygen atoms in total. The fraction of sp³-hybridized carbons (Fsp3) is 0.571. The van der Waals surface area contributed by atoms with Gasteiger partial charge in [0.25, 0.3) is 0 Å². The van der Waals surface area contributed by atoms with Gasteiger partial charge < -0.3 is 5.73 Å². The van der Waals surface area contributed by atoms with Crippen LogP contribution < -0.4 is 10.5 Å². The van der Waals surface area contributed by atoms with Gasteiger partial charge in [-0.15, -0.1) is 0 Å². The number of hydrogen-bond acceptors (Lipinski definition) is 3. The number of sulfonamides is 1. The molecule has 0 spiro atoms. The van der Waals surface area contributed by atoms with Crippen molar-refractivity contribution >= 4 is 10.0 Å². The lowest BCUT2D eigenvalue weighted by molar-refractivity contribution is -0.137. The predicted molar refractivity (Wildman–Crippen MR) is 76.6 cm³/mol. The zero-order valence-corrected chi connectivity index (χ0v) is 12.8. The van der Waals surface area contributed by atoms with Crippen molar-refractivity contribution in [3.05, 3.63) is 29.8 Å². The Kier molecular flexibility index (Phi) is 5.14. The number of alkyl halides is 3. The first-order valence-corrected chi connectivity index (χ1v) is 8.62. The van der Waals surface area contributed by atoms with Crippen LogP contribution in [0.4, 0.5) is 13.2 Å². The Labute approximate surface area is 127 Å². The van der Waals surface area contributed by atoms with Crippen LogP contribution in [0, 0.1) is 5.92 Å². The Hall–Kier alpha value is -1.12. The van der Waals surface area contributed by atoms with Gasteiger partial charge in [-0.2, -0.15) is 13.2 Å². The molecule has 0 saturated heterocycles. The van der Waals surface area contributed by atoms with Crippen molar-refractivity contribution in [3.63, 3.8) is 0 Å². The van der Waals surface area contributed by atoms with Crippen LogP contribution in [0.1, 0.15) is 31.2 Å². The number of benzene rings is 1. The third-order valence-electron chi connectivity index (χ3n) is 3.99. The SMILES string of the molecule is NCC1CCCCC1NS(=O)(=O)c1cccc(C(F)(F)F)c1. The van der Waals surface area contributed by atoms with Crippen molar-refractivity contribution < 1.29 is 21.6 Å². The molecule has 1 saturated carbocycles. The van der Waals surface area contributed by atoms with Gasteiger partial charge >= 0.3 is 6.18 Å². The molecule has 1 aromatic rings. The summed E-state index contributed by atoms with van der Waals surface area (Å²) in [7, 11) is -3.99. The maximum Gasteiger partial charge on any atom is 0.416 e. The lowest BCUT2D eigenvalue weighted by atomic mass is 9.85. The van der Waals surface area contributed by atoms with E-state index < -0.39 is 21.8 Å². The Balaban J connectivity index is 2.23. The second-order valence-electron chi connectivity index (χ2n) is 5.53. The number of nitrogens with two attached hydrogens (primary N) is 1. The van der Waals surface area contributed by atoms with E-state index in [9.17, 15) is 21.6 Å². The van der Waals surface area contributed by atoms with Gasteiger partial charge in [-0.05, 0) is 43.5 Å². The van der Waals surface area contributed by atoms with Crippen LogP contribution in [0.25, 0.3) is 0 Å². The molecule has 1 fully saturated rings. The summed E-state index contributed by atoms with van der Waals surface area (Å²) in [4.78, 5) is -0.372. The van der Waals surface area contributed by atoms with Gasteiger partial charge in [-0.3, -0.25) is 0 Å². The normalized spacial score (nSPS) is 23.5. The van der Waals surface area contributed by atoms with Crippen molar-refractivity contribution in [2.75, 3.05) is 6.54 Å². The summed E-state index contributed by atoms with van der Waals surface area (Å²) in [5.41, 5.74) is 4.67. The second kappa shape index (κ2) is 6.55. The molecular formula is C14H19F3N2O2S. The maximum absolute atomic E-state index is 12.7. The van der Waals surface area contributed by atoms with Crippen LogP contribution in [0.3, 0.4) is 0 Å². The zero-order valence-electron chi connectivity index (χ0n) is 11.9. The molecule has 22 heavy (non-hydrogen) atoms. The second-order valence-corrected chi connectivity index (χ2v) is 7.25. The van der Waals surface area contributed by atoms with Gasteiger partial charge in [0.05, 0.1) is 10.5 Å². The number of hydrogen-bond donors (Lipinski definition) is 2. The summed E-state index contributed by atoms with van der Waals surface area (Å²) >= 11 is 0. The van der Waals surface area contributed by atoms with E-state index in [1.54, 1.807) is 0 Å². The first kappa shape index (κ1) is 17.2. The molecule has 0 heterocycles. The van der Waals surface area contributed by atoms with Crippen molar-refractivity contribution in [2.24, 2.45) is 11.7 Å². The quantitative estimate of drug-likeness (QED) is 0.887. The third kappa shape index (κ3) is 3.99. The van der Waals surface area contributed by atoms with Crippen LogP contribution >= 0.6 is 0 Å². The third-order valence-corrected chi connectivity index (χ3v) is 5.48. The zero-order chi connectivity index (χ0) is 16.4. The first-order valence-electron chi connectivity index (χ1n) is 7.13. The van der Waals surface area contributed by atoms with Crippen molar-refractivity contribution in [1.29, 1.82) is 0 Å². The van der Waals surface area contributed by atoms with Gasteiger partial charge in [-0.1, -0.05) is 18.9 Å². The van der Waals surface area contributed by atoms with E-state index >= 15 is 0 Å². The molecule has 2 rings (SSSR count). The minimum atomic E-state index is -4.57. The summed E-state index contributed by atoms with van der Waals surface area (Å²) in [5.74, 6) is 0.0225. The molecule has 0 amide bonds. The Morgan fingerprint density at radius 3 is 2.55 bits per heavy atom. The van der Waals surface area contributed by atoms with E-state index in [0.29, 0.717) is 19.0 Å². The van der Waals surface area contributed by atoms with Crippen LogP contribution in [0.5, 0.6) is 0 Å². The van der Waals surface area contributed by atoms with E-state index in [1.165, 1.54) is 0 Å². The van der Waals surface area contributed by atoms with E-state index in [1.807, 2.05) is 0 Å². The van der Waals surface area contributed by atoms with E-state index in [2.05, 4.69) is 4.72 Å². The molecule has 0 aromatic heterocycles. The van der Waals surface area contributed by atoms with Gasteiger partial charge in [0.15, 0.2) is 0 Å². The smallest absolute Gasteiger partial charge is 0.330 e. The standard InChI is InChI=1S/C14H19F3N2O2S/c15-14(16,17)11-5-3-6-12(8-11)22(20,21)19-13-7-2-1-4-10(13)9-18/h3,5-6,8,10,13,19H,1-2,4,7,9,18H2. The molecule has 1 aliphatic carbocycles. The van der Waals surface area contributed by atoms with Crippen LogP contribution in [-0.4, -0.2) is 21.0 Å². The Morgan fingerprint density at radius 1 is 1.23 bits per heavy atom. The van der Waals surface area contributed by atoms with Crippen molar-refractivity contribution in [1.82, 2.24) is 4.72 Å². The average Bonchev–Trinajstić information content (AvgIpc) is 2.47. The van der Waals surface area contributed by atoms with Gasteiger partial charge in [-0.25, -0.2) is 13.1 Å². The minimum absolute atomic E-state index is 0.0225. The Morgan fingerprint density at radius 2 is 1.91 bits per heavy atom. The van der Waals surface area contributed by atoms with Crippen molar-refractivity contribution in [2.45, 2.75) is 42.8 Å². The lowest BCUT2D eigenvalue weighted by Gasteiger charge is -2.31. The van der Waals surface area contributed by atoms with Crippen molar-refractivity contribution in [3.8, 4) is 0 Å². The van der Waals surface area contributed by atoms with Crippen LogP contribution in [-0.2, 0) is 16.2 Å². The van der Waals surface area contributed by atoms with Gasteiger partial charge in [0.2, 0.25) is 10.0 Å². The highest BCUT2D eigenvalue weighted by atomic mass is 32.2. The maximum atomic E-state index is 12.7. The fourth-order valence-corrected chi connectivity index (χ4v) is 4.14.